The number of fused-ring (bicyclic) bond motifs is 1. The van der Waals surface area contributed by atoms with Crippen LogP contribution in [0.5, 0.6) is 0 Å². The molecule has 1 aromatic rings. The van der Waals surface area contributed by atoms with Crippen LogP contribution in [0.1, 0.15) is 42.6 Å². The van der Waals surface area contributed by atoms with Crippen LogP contribution in [0.25, 0.3) is 0 Å². The summed E-state index contributed by atoms with van der Waals surface area (Å²) in [5.74, 6) is -0.917. The first kappa shape index (κ1) is 18.4. The molecule has 140 valence electrons. The van der Waals surface area contributed by atoms with E-state index in [4.69, 9.17) is 10.1 Å². The van der Waals surface area contributed by atoms with E-state index in [-0.39, 0.29) is 12.5 Å². The number of hydrogen-bond donors (Lipinski definition) is 1. The minimum Gasteiger partial charge on any atom is -0.481 e. The van der Waals surface area contributed by atoms with E-state index in [0.29, 0.717) is 19.6 Å². The van der Waals surface area contributed by atoms with E-state index in [2.05, 4.69) is 18.7 Å². The van der Waals surface area contributed by atoms with Gasteiger partial charge in [0.05, 0.1) is 12.5 Å². The highest BCUT2D eigenvalue weighted by Crippen LogP contribution is 2.20. The van der Waals surface area contributed by atoms with E-state index in [1.165, 1.54) is 24.1 Å². The van der Waals surface area contributed by atoms with Crippen LogP contribution >= 0.6 is 0 Å². The fraction of sp³-hybridized carbons (Fsp3) is 0.550. The molecule has 1 aliphatic heterocycles. The molecule has 0 radical (unpaired) electrons. The van der Waals surface area contributed by atoms with Crippen molar-refractivity contribution in [3.8, 4) is 0 Å². The summed E-state index contributed by atoms with van der Waals surface area (Å²) in [4.78, 5) is 31.7. The maximum absolute atomic E-state index is 12.5. The van der Waals surface area contributed by atoms with Crippen LogP contribution in [0.2, 0.25) is 0 Å². The summed E-state index contributed by atoms with van der Waals surface area (Å²) < 4.78 is 0. The van der Waals surface area contributed by atoms with Gasteiger partial charge in [0.2, 0.25) is 0 Å². The first-order valence-electron chi connectivity index (χ1n) is 9.46. The second-order valence-corrected chi connectivity index (χ2v) is 7.08. The van der Waals surface area contributed by atoms with Crippen LogP contribution in [0.15, 0.2) is 24.8 Å². The summed E-state index contributed by atoms with van der Waals surface area (Å²) in [5, 5.41) is 8.97. The zero-order valence-electron chi connectivity index (χ0n) is 15.2. The molecular weight excluding hydrogens is 330 g/mol. The molecule has 26 heavy (non-hydrogen) atoms. The van der Waals surface area contributed by atoms with Gasteiger partial charge >= 0.3 is 12.0 Å². The number of carbonyl (C=O) groups is 2. The largest absolute Gasteiger partial charge is 0.481 e. The van der Waals surface area contributed by atoms with Gasteiger partial charge in [0.1, 0.15) is 0 Å². The number of amides is 2. The third kappa shape index (κ3) is 4.23. The van der Waals surface area contributed by atoms with E-state index in [0.717, 1.165) is 31.4 Å². The second-order valence-electron chi connectivity index (χ2n) is 7.08. The molecule has 0 bridgehead atoms. The van der Waals surface area contributed by atoms with Crippen LogP contribution in [-0.2, 0) is 24.1 Å². The Labute approximate surface area is 154 Å². The molecule has 1 saturated heterocycles. The van der Waals surface area contributed by atoms with Crippen molar-refractivity contribution < 1.29 is 14.7 Å². The topological polar surface area (TPSA) is 73.7 Å². The lowest BCUT2D eigenvalue weighted by atomic mass is 9.95. The number of rotatable bonds is 8. The molecule has 3 rings (SSSR count). The third-order valence-corrected chi connectivity index (χ3v) is 5.28. The van der Waals surface area contributed by atoms with Gasteiger partial charge in [-0.25, -0.2) is 4.79 Å². The number of pyridine rings is 1. The first-order chi connectivity index (χ1) is 12.6. The number of aliphatic carboxylic acids is 1. The van der Waals surface area contributed by atoms with Gasteiger partial charge in [-0.05, 0) is 50.2 Å². The first-order valence-corrected chi connectivity index (χ1v) is 9.46. The summed E-state index contributed by atoms with van der Waals surface area (Å²) in [6, 6.07) is 3.80. The number of carboxylic acids is 1. The van der Waals surface area contributed by atoms with Gasteiger partial charge in [-0.15, -0.1) is 6.58 Å². The van der Waals surface area contributed by atoms with Crippen molar-refractivity contribution in [2.45, 2.75) is 51.0 Å². The molecule has 0 spiro atoms. The minimum atomic E-state index is -0.917. The predicted molar refractivity (Wildman–Crippen MR) is 99.1 cm³/mol. The van der Waals surface area contributed by atoms with E-state index < -0.39 is 12.0 Å². The van der Waals surface area contributed by atoms with Crippen molar-refractivity contribution >= 4 is 12.0 Å². The summed E-state index contributed by atoms with van der Waals surface area (Å²) in [5.41, 5.74) is 3.74. The second kappa shape index (κ2) is 8.34. The summed E-state index contributed by atoms with van der Waals surface area (Å²) >= 11 is 0. The standard InChI is InChI=1S/C20H27N3O3/c1-2-17(14-19(24)25)23-13-12-22(20(23)26)11-5-7-16-10-9-15-6-3-4-8-18(15)21-16/h2,9-10,17H,1,3-8,11-14H2,(H,24,25)/t17-/m1/s1. The van der Waals surface area contributed by atoms with Crippen LogP contribution in [0, 0.1) is 0 Å². The molecule has 1 fully saturated rings. The number of urea groups is 1. The van der Waals surface area contributed by atoms with E-state index in [9.17, 15) is 9.59 Å². The van der Waals surface area contributed by atoms with Crippen molar-refractivity contribution in [3.05, 3.63) is 41.7 Å². The Morgan fingerprint density at radius 2 is 2.12 bits per heavy atom. The number of carbonyl (C=O) groups excluding carboxylic acids is 1. The Morgan fingerprint density at radius 3 is 2.88 bits per heavy atom. The Hall–Kier alpha value is -2.37. The van der Waals surface area contributed by atoms with Crippen molar-refractivity contribution in [2.24, 2.45) is 0 Å². The molecule has 0 unspecified atom stereocenters. The molecule has 1 atom stereocenters. The third-order valence-electron chi connectivity index (χ3n) is 5.28. The van der Waals surface area contributed by atoms with E-state index in [1.54, 1.807) is 15.9 Å². The molecule has 2 amide bonds. The average molecular weight is 357 g/mol. The van der Waals surface area contributed by atoms with Gasteiger partial charge in [0, 0.05) is 31.0 Å². The molecule has 1 aliphatic carbocycles. The Bertz CT molecular complexity index is 689. The van der Waals surface area contributed by atoms with Crippen LogP contribution in [0.3, 0.4) is 0 Å². The Balaban J connectivity index is 1.50. The van der Waals surface area contributed by atoms with Gasteiger partial charge in [0.15, 0.2) is 0 Å². The molecule has 6 nitrogen and oxygen atoms in total. The molecule has 1 N–H and O–H groups in total. The monoisotopic (exact) mass is 357 g/mol. The molecule has 2 aliphatic rings. The molecule has 0 saturated carbocycles. The van der Waals surface area contributed by atoms with E-state index in [1.807, 2.05) is 0 Å². The average Bonchev–Trinajstić information content (AvgIpc) is 3.00. The maximum Gasteiger partial charge on any atom is 0.320 e. The number of aromatic nitrogens is 1. The SMILES string of the molecule is C=C[C@H](CC(=O)O)N1CCN(CCCc2ccc3c(n2)CCCC3)C1=O. The number of hydrogen-bond acceptors (Lipinski definition) is 3. The van der Waals surface area contributed by atoms with Gasteiger partial charge in [-0.1, -0.05) is 12.1 Å². The van der Waals surface area contributed by atoms with Crippen LogP contribution < -0.4 is 0 Å². The molecule has 0 aromatic carbocycles. The fourth-order valence-corrected chi connectivity index (χ4v) is 3.83. The van der Waals surface area contributed by atoms with Gasteiger partial charge in [-0.2, -0.15) is 0 Å². The zero-order chi connectivity index (χ0) is 18.5. The summed E-state index contributed by atoms with van der Waals surface area (Å²) in [6.07, 6.45) is 7.88. The highest BCUT2D eigenvalue weighted by molar-refractivity contribution is 5.78. The summed E-state index contributed by atoms with van der Waals surface area (Å²) in [7, 11) is 0. The predicted octanol–water partition coefficient (Wildman–Crippen LogP) is 2.66. The number of carboxylic acid groups (broad SMARTS) is 1. The van der Waals surface area contributed by atoms with Crippen LogP contribution in [-0.4, -0.2) is 57.6 Å². The smallest absolute Gasteiger partial charge is 0.320 e. The lowest BCUT2D eigenvalue weighted by Gasteiger charge is -2.24. The fourth-order valence-electron chi connectivity index (χ4n) is 3.83. The minimum absolute atomic E-state index is 0.0884. The quantitative estimate of drug-likeness (QED) is 0.726. The highest BCUT2D eigenvalue weighted by atomic mass is 16.4. The Kier molecular flexibility index (Phi) is 5.91. The van der Waals surface area contributed by atoms with Gasteiger partial charge in [0.25, 0.3) is 0 Å². The van der Waals surface area contributed by atoms with Gasteiger partial charge < -0.3 is 14.9 Å². The zero-order valence-corrected chi connectivity index (χ0v) is 15.2. The molecular formula is C20H27N3O3. The maximum atomic E-state index is 12.5. The number of nitrogens with zero attached hydrogens (tertiary/aromatic N) is 3. The van der Waals surface area contributed by atoms with Gasteiger partial charge in [-0.3, -0.25) is 9.78 Å². The Morgan fingerprint density at radius 1 is 1.31 bits per heavy atom. The van der Waals surface area contributed by atoms with Crippen molar-refractivity contribution in [2.75, 3.05) is 19.6 Å². The lowest BCUT2D eigenvalue weighted by molar-refractivity contribution is -0.137. The van der Waals surface area contributed by atoms with Crippen LogP contribution in [0.4, 0.5) is 4.79 Å². The molecule has 6 heteroatoms. The molecule has 2 heterocycles. The number of aryl methyl sites for hydroxylation is 3. The summed E-state index contributed by atoms with van der Waals surface area (Å²) in [6.45, 7) is 5.54. The van der Waals surface area contributed by atoms with Crippen molar-refractivity contribution in [3.63, 3.8) is 0 Å². The van der Waals surface area contributed by atoms with E-state index >= 15 is 0 Å². The van der Waals surface area contributed by atoms with Crippen molar-refractivity contribution in [1.29, 1.82) is 0 Å². The highest BCUT2D eigenvalue weighted by Gasteiger charge is 2.32. The normalized spacial score (nSPS) is 17.9. The van der Waals surface area contributed by atoms with Crippen molar-refractivity contribution in [1.82, 2.24) is 14.8 Å². The molecule has 1 aromatic heterocycles. The lowest BCUT2D eigenvalue weighted by Crippen LogP contribution is -2.39.